The molecule has 3 fully saturated rings. The van der Waals surface area contributed by atoms with E-state index in [1.807, 2.05) is 13.0 Å². The summed E-state index contributed by atoms with van der Waals surface area (Å²) < 4.78 is 46.3. The maximum atomic E-state index is 18.8. The van der Waals surface area contributed by atoms with Crippen LogP contribution in [0.25, 0.3) is 0 Å². The van der Waals surface area contributed by atoms with E-state index in [9.17, 15) is 9.59 Å². The van der Waals surface area contributed by atoms with Gasteiger partial charge in [-0.2, -0.15) is 0 Å². The first-order valence-corrected chi connectivity index (χ1v) is 30.2. The van der Waals surface area contributed by atoms with Crippen molar-refractivity contribution in [1.29, 1.82) is 0 Å². The highest BCUT2D eigenvalue weighted by molar-refractivity contribution is 6.71. The fraction of sp³-hybridized carbons (Fsp3) is 0.818. The first-order valence-electron chi connectivity index (χ1n) is 16.5. The zero-order chi connectivity index (χ0) is 33.5. The Kier molecular flexibility index (Phi) is 9.30. The summed E-state index contributed by atoms with van der Waals surface area (Å²) in [6, 6.07) is 0. The van der Waals surface area contributed by atoms with Gasteiger partial charge in [-0.1, -0.05) is 18.6 Å². The van der Waals surface area contributed by atoms with E-state index in [0.29, 0.717) is 25.7 Å². The number of hydrogen-bond donors (Lipinski definition) is 0. The first-order chi connectivity index (χ1) is 19.7. The van der Waals surface area contributed by atoms with Crippen LogP contribution in [0.4, 0.5) is 4.39 Å². The fourth-order valence-electron chi connectivity index (χ4n) is 8.87. The molecular weight excluding hydrogens is 624 g/mol. The minimum absolute atomic E-state index is 0.0332. The molecule has 0 aromatic rings. The zero-order valence-corrected chi connectivity index (χ0v) is 33.9. The van der Waals surface area contributed by atoms with Gasteiger partial charge in [0, 0.05) is 16.7 Å². The van der Waals surface area contributed by atoms with Crippen LogP contribution in [0.2, 0.25) is 78.6 Å². The smallest absolute Gasteiger partial charge is 0.190 e. The van der Waals surface area contributed by atoms with Crippen LogP contribution in [0.15, 0.2) is 23.8 Å². The van der Waals surface area contributed by atoms with Gasteiger partial charge in [0.15, 0.2) is 50.5 Å². The van der Waals surface area contributed by atoms with E-state index < -0.39 is 73.5 Å². The van der Waals surface area contributed by atoms with E-state index >= 15 is 4.39 Å². The summed E-state index contributed by atoms with van der Waals surface area (Å²) in [5, 5.41) is 0. The lowest BCUT2D eigenvalue weighted by atomic mass is 9.44. The van der Waals surface area contributed by atoms with E-state index in [1.165, 1.54) is 6.08 Å². The average molecular weight is 683 g/mol. The summed E-state index contributed by atoms with van der Waals surface area (Å²) in [4.78, 5) is 27.4. The van der Waals surface area contributed by atoms with E-state index in [2.05, 4.69) is 85.5 Å². The van der Waals surface area contributed by atoms with Crippen LogP contribution < -0.4 is 0 Å². The number of carbonyl (C=O) groups is 2. The molecule has 0 heterocycles. The lowest BCUT2D eigenvalue weighted by Gasteiger charge is -2.64. The van der Waals surface area contributed by atoms with Crippen LogP contribution in [0, 0.1) is 22.7 Å². The van der Waals surface area contributed by atoms with Gasteiger partial charge in [-0.25, -0.2) is 4.39 Å². The summed E-state index contributed by atoms with van der Waals surface area (Å²) in [5.41, 5.74) is -3.89. The number of ketones is 2. The lowest BCUT2D eigenvalue weighted by Crippen LogP contribution is -2.72. The number of fused-ring (bicyclic) bond motifs is 5. The van der Waals surface area contributed by atoms with Gasteiger partial charge in [-0.3, -0.25) is 9.59 Å². The van der Waals surface area contributed by atoms with E-state index in [-0.39, 0.29) is 24.1 Å². The molecule has 0 saturated heterocycles. The number of allylic oxidation sites excluding steroid dienone is 4. The first kappa shape index (κ1) is 36.3. The largest absolute Gasteiger partial charge is 0.411 e. The predicted octanol–water partition coefficient (Wildman–Crippen LogP) is 8.06. The van der Waals surface area contributed by atoms with Crippen LogP contribution in [-0.2, 0) is 27.3 Å². The maximum absolute atomic E-state index is 18.8. The second-order valence-corrected chi connectivity index (χ2v) is 36.1. The summed E-state index contributed by atoms with van der Waals surface area (Å²) in [5.74, 6) is -0.720. The van der Waals surface area contributed by atoms with Gasteiger partial charge in [0.25, 0.3) is 0 Å². The van der Waals surface area contributed by atoms with Crippen molar-refractivity contribution in [2.45, 2.75) is 142 Å². The van der Waals surface area contributed by atoms with Gasteiger partial charge in [-0.05, 0) is 129 Å². The Morgan fingerprint density at radius 1 is 0.864 bits per heavy atom. The van der Waals surface area contributed by atoms with Gasteiger partial charge in [0.1, 0.15) is 5.60 Å². The Bertz CT molecular complexity index is 1230. The van der Waals surface area contributed by atoms with Gasteiger partial charge in [0.2, 0.25) is 0 Å². The molecule has 4 aliphatic rings. The normalized spacial score (nSPS) is 39.4. The van der Waals surface area contributed by atoms with Crippen molar-refractivity contribution in [3.05, 3.63) is 23.8 Å². The second kappa shape index (κ2) is 11.3. The van der Waals surface area contributed by atoms with E-state index in [1.54, 1.807) is 6.08 Å². The average Bonchev–Trinajstić information content (AvgIpc) is 3.03. The topological polar surface area (TPSA) is 71.1 Å². The van der Waals surface area contributed by atoms with Crippen molar-refractivity contribution >= 4 is 44.8 Å². The molecule has 8 atom stereocenters. The minimum atomic E-state index is -2.37. The quantitative estimate of drug-likeness (QED) is 0.217. The van der Waals surface area contributed by atoms with Crippen molar-refractivity contribution in [2.75, 3.05) is 6.61 Å². The van der Waals surface area contributed by atoms with Gasteiger partial charge in [-0.15, -0.1) is 0 Å². The Balaban J connectivity index is 1.98. The Morgan fingerprint density at radius 2 is 1.43 bits per heavy atom. The Labute approximate surface area is 270 Å². The summed E-state index contributed by atoms with van der Waals surface area (Å²) >= 11 is 0. The van der Waals surface area contributed by atoms with Crippen molar-refractivity contribution in [3.63, 3.8) is 0 Å². The molecule has 6 nitrogen and oxygen atoms in total. The van der Waals surface area contributed by atoms with E-state index in [4.69, 9.17) is 17.7 Å². The van der Waals surface area contributed by atoms with Gasteiger partial charge >= 0.3 is 0 Å². The predicted molar refractivity (Wildman–Crippen MR) is 186 cm³/mol. The van der Waals surface area contributed by atoms with Crippen molar-refractivity contribution in [3.8, 4) is 0 Å². The molecule has 0 aromatic carbocycles. The molecule has 0 aromatic heterocycles. The molecular formula is C33H59FO6Si4. The third-order valence-corrected chi connectivity index (χ3v) is 14.2. The van der Waals surface area contributed by atoms with Crippen molar-refractivity contribution < 1.29 is 31.7 Å². The molecule has 6 unspecified atom stereocenters. The van der Waals surface area contributed by atoms with Crippen LogP contribution in [0.5, 0.6) is 0 Å². The molecule has 250 valence electrons. The molecule has 0 radical (unpaired) electrons. The van der Waals surface area contributed by atoms with Crippen molar-refractivity contribution in [2.24, 2.45) is 22.7 Å². The number of carbonyl (C=O) groups excluding carboxylic acids is 2. The highest BCUT2D eigenvalue weighted by Crippen LogP contribution is 2.71. The summed E-state index contributed by atoms with van der Waals surface area (Å²) in [6.07, 6.45) is 5.85. The molecule has 4 aliphatic carbocycles. The number of rotatable bonds is 10. The maximum Gasteiger partial charge on any atom is 0.190 e. The number of Topliss-reactive ketones (excluding diaryl/α,β-unsaturated/α-hetero) is 1. The number of hydrogen-bond acceptors (Lipinski definition) is 6. The molecule has 11 heteroatoms. The standard InChI is InChI=1S/C33H59FO6Si4/c1-30-18-17-24(35)19-23(30)15-16-25-26-20-28(38-42(6,7)8)33(40-44(12,13)14,27(36)22-37-41(3,4)5)31(26,2)21-29(32(25,30)34)39-43(9,10)11/h17-19,25-26,28-29H,15-16,20-22H2,1-14H3/t25?,26?,28-,29?,30?,31?,32+,33?/m1/s1. The van der Waals surface area contributed by atoms with Crippen LogP contribution in [0.3, 0.4) is 0 Å². The molecule has 0 amide bonds. The monoisotopic (exact) mass is 682 g/mol. The number of halogens is 1. The lowest BCUT2D eigenvalue weighted by molar-refractivity contribution is -0.213. The van der Waals surface area contributed by atoms with Crippen LogP contribution in [0.1, 0.15) is 39.5 Å². The highest BCUT2D eigenvalue weighted by Gasteiger charge is 2.78. The number of alkyl halides is 1. The molecule has 0 bridgehead atoms. The molecule has 44 heavy (non-hydrogen) atoms. The van der Waals surface area contributed by atoms with Crippen LogP contribution in [-0.4, -0.2) is 74.9 Å². The SMILES string of the molecule is CC12CC(O[Si](C)(C)C)[C@@]3(F)C(CCC4=CC(=O)C=CC43C)C1C[C@@H](O[Si](C)(C)C)C2(O[Si](C)(C)C)C(=O)CO[Si](C)(C)C. The Morgan fingerprint density at radius 3 is 1.95 bits per heavy atom. The molecule has 0 aliphatic heterocycles. The van der Waals surface area contributed by atoms with E-state index in [0.717, 1.165) is 5.57 Å². The van der Waals surface area contributed by atoms with Crippen LogP contribution >= 0.6 is 0 Å². The third kappa shape index (κ3) is 6.34. The summed E-state index contributed by atoms with van der Waals surface area (Å²) in [7, 11) is -8.86. The van der Waals surface area contributed by atoms with Crippen molar-refractivity contribution in [1.82, 2.24) is 0 Å². The highest BCUT2D eigenvalue weighted by atomic mass is 28.4. The van der Waals surface area contributed by atoms with Gasteiger partial charge < -0.3 is 17.7 Å². The molecule has 0 spiro atoms. The zero-order valence-electron chi connectivity index (χ0n) is 29.9. The molecule has 0 N–H and O–H groups in total. The molecule has 4 rings (SSSR count). The van der Waals surface area contributed by atoms with Gasteiger partial charge in [0.05, 0.1) is 18.8 Å². The fourth-order valence-corrected chi connectivity index (χ4v) is 13.1. The third-order valence-electron chi connectivity index (χ3n) is 10.3. The summed E-state index contributed by atoms with van der Waals surface area (Å²) in [6.45, 7) is 29.5. The molecule has 3 saturated carbocycles. The second-order valence-electron chi connectivity index (χ2n) is 18.2. The minimum Gasteiger partial charge on any atom is -0.411 e. The Hall–Kier alpha value is -0.542.